The first-order valence-electron chi connectivity index (χ1n) is 9.05. The maximum Gasteiger partial charge on any atom is 0.387 e. The zero-order valence-corrected chi connectivity index (χ0v) is 15.8. The largest absolute Gasteiger partial charge is 0.432 e. The highest BCUT2D eigenvalue weighted by molar-refractivity contribution is 5.81. The smallest absolute Gasteiger partial charge is 0.387 e. The van der Waals surface area contributed by atoms with Gasteiger partial charge in [0.2, 0.25) is 0 Å². The molecule has 3 rings (SSSR count). The second kappa shape index (κ2) is 9.42. The van der Waals surface area contributed by atoms with Crippen molar-refractivity contribution in [2.24, 2.45) is 12.0 Å². The summed E-state index contributed by atoms with van der Waals surface area (Å²) in [5, 5.41) is 3.30. The van der Waals surface area contributed by atoms with Gasteiger partial charge in [-0.2, -0.15) is 8.78 Å². The van der Waals surface area contributed by atoms with Gasteiger partial charge in [0.05, 0.1) is 11.4 Å². The van der Waals surface area contributed by atoms with Crippen molar-refractivity contribution in [3.8, 4) is 5.75 Å². The number of hydrogen-bond acceptors (Lipinski definition) is 5. The van der Waals surface area contributed by atoms with Gasteiger partial charge in [0, 0.05) is 51.1 Å². The molecule has 1 fully saturated rings. The van der Waals surface area contributed by atoms with Gasteiger partial charge < -0.3 is 19.5 Å². The fraction of sp³-hybridized carbons (Fsp3) is 0.300. The normalized spacial score (nSPS) is 15.7. The molecule has 1 aromatic heterocycles. The summed E-state index contributed by atoms with van der Waals surface area (Å²) in [6.45, 7) is 0.508. The molecule has 2 heterocycles. The Morgan fingerprint density at radius 2 is 2.00 bits per heavy atom. The summed E-state index contributed by atoms with van der Waals surface area (Å²) in [7, 11) is 1.82. The van der Waals surface area contributed by atoms with E-state index in [4.69, 9.17) is 0 Å². The lowest BCUT2D eigenvalue weighted by molar-refractivity contribution is -0.104. The van der Waals surface area contributed by atoms with E-state index >= 15 is 0 Å². The Morgan fingerprint density at radius 1 is 1.24 bits per heavy atom. The van der Waals surface area contributed by atoms with Crippen LogP contribution >= 0.6 is 0 Å². The zero-order valence-electron chi connectivity index (χ0n) is 15.8. The van der Waals surface area contributed by atoms with Crippen molar-refractivity contribution >= 4 is 17.7 Å². The summed E-state index contributed by atoms with van der Waals surface area (Å²) < 4.78 is 44.6. The number of piperazine rings is 1. The van der Waals surface area contributed by atoms with Gasteiger partial charge >= 0.3 is 6.61 Å². The topological polar surface area (TPSA) is 58.9 Å². The summed E-state index contributed by atoms with van der Waals surface area (Å²) in [4.78, 5) is 17.7. The predicted octanol–water partition coefficient (Wildman–Crippen LogP) is 2.32. The molecule has 0 bridgehead atoms. The number of pyridine rings is 1. The summed E-state index contributed by atoms with van der Waals surface area (Å²) in [6.07, 6.45) is 3.66. The van der Waals surface area contributed by atoms with E-state index in [1.54, 1.807) is 10.6 Å². The van der Waals surface area contributed by atoms with E-state index in [9.17, 15) is 18.0 Å². The Hall–Kier alpha value is -3.07. The van der Waals surface area contributed by atoms with Crippen LogP contribution in [0.2, 0.25) is 0 Å². The molecular weight excluding hydrogens is 385 g/mol. The average Bonchev–Trinajstić information content (AvgIpc) is 2.71. The molecule has 1 aromatic carbocycles. The minimum Gasteiger partial charge on any atom is -0.432 e. The van der Waals surface area contributed by atoms with Crippen molar-refractivity contribution in [3.63, 3.8) is 0 Å². The number of benzene rings is 1. The molecule has 0 atom stereocenters. The van der Waals surface area contributed by atoms with Crippen LogP contribution in [0.3, 0.4) is 0 Å². The van der Waals surface area contributed by atoms with Crippen LogP contribution in [0.25, 0.3) is 5.70 Å². The van der Waals surface area contributed by atoms with Crippen LogP contribution in [-0.4, -0.2) is 43.6 Å². The van der Waals surface area contributed by atoms with Gasteiger partial charge in [-0.1, -0.05) is 0 Å². The Morgan fingerprint density at radius 3 is 2.62 bits per heavy atom. The first kappa shape index (κ1) is 20.7. The number of nitrogens with zero attached hydrogens (tertiary/aromatic N) is 3. The van der Waals surface area contributed by atoms with Crippen LogP contribution in [-0.2, 0) is 11.8 Å². The fourth-order valence-electron chi connectivity index (χ4n) is 3.05. The van der Waals surface area contributed by atoms with Crippen LogP contribution in [0.5, 0.6) is 5.75 Å². The van der Waals surface area contributed by atoms with E-state index in [1.807, 2.05) is 19.3 Å². The molecule has 1 saturated heterocycles. The van der Waals surface area contributed by atoms with Gasteiger partial charge in [0.15, 0.2) is 11.6 Å². The van der Waals surface area contributed by atoms with E-state index in [0.717, 1.165) is 44.0 Å². The van der Waals surface area contributed by atoms with Crippen molar-refractivity contribution in [1.29, 1.82) is 0 Å². The van der Waals surface area contributed by atoms with Crippen LogP contribution in [0.15, 0.2) is 47.6 Å². The quantitative estimate of drug-likeness (QED) is 0.591. The third-order valence-electron chi connectivity index (χ3n) is 4.48. The van der Waals surface area contributed by atoms with Crippen LogP contribution < -0.4 is 20.4 Å². The number of ether oxygens (including phenoxy) is 1. The minimum absolute atomic E-state index is 0.202. The Kier molecular flexibility index (Phi) is 6.71. The first-order valence-corrected chi connectivity index (χ1v) is 9.05. The lowest BCUT2D eigenvalue weighted by atomic mass is 10.1. The number of halogens is 3. The monoisotopic (exact) mass is 406 g/mol. The molecule has 1 N–H and O–H groups in total. The van der Waals surface area contributed by atoms with E-state index in [-0.39, 0.29) is 11.3 Å². The van der Waals surface area contributed by atoms with Crippen LogP contribution in [0.4, 0.5) is 18.9 Å². The Balaban J connectivity index is 1.92. The van der Waals surface area contributed by atoms with E-state index in [2.05, 4.69) is 19.9 Å². The lowest BCUT2D eigenvalue weighted by Crippen LogP contribution is -2.43. The molecule has 1 aliphatic rings. The number of allylic oxidation sites excluding steroid dienone is 1. The number of rotatable bonds is 6. The number of aromatic nitrogens is 1. The van der Waals surface area contributed by atoms with E-state index in [1.165, 1.54) is 12.1 Å². The number of anilines is 1. The molecule has 0 saturated carbocycles. The number of aryl methyl sites for hydroxylation is 1. The maximum atomic E-state index is 14.1. The molecule has 154 valence electrons. The molecule has 1 aliphatic heterocycles. The number of hydrogen-bond donors (Lipinski definition) is 1. The third kappa shape index (κ3) is 5.26. The van der Waals surface area contributed by atoms with Gasteiger partial charge in [-0.15, -0.1) is 0 Å². The van der Waals surface area contributed by atoms with Gasteiger partial charge in [0.25, 0.3) is 0 Å². The first-order chi connectivity index (χ1) is 14.0. The molecule has 0 spiro atoms. The van der Waals surface area contributed by atoms with Crippen molar-refractivity contribution < 1.29 is 22.7 Å². The van der Waals surface area contributed by atoms with Gasteiger partial charge in [-0.3, -0.25) is 4.79 Å². The SMILES string of the molecule is Cn1cc(N2CCNCC2)ccc1=N/C(=C\C=O)c1ccc(OC(F)F)c(F)c1. The molecule has 0 unspecified atom stereocenters. The molecule has 6 nitrogen and oxygen atoms in total. The second-order valence-electron chi connectivity index (χ2n) is 6.42. The van der Waals surface area contributed by atoms with Crippen molar-refractivity contribution in [2.45, 2.75) is 6.61 Å². The highest BCUT2D eigenvalue weighted by Gasteiger charge is 2.13. The van der Waals surface area contributed by atoms with Crippen LogP contribution in [0, 0.1) is 5.82 Å². The highest BCUT2D eigenvalue weighted by Crippen LogP contribution is 2.24. The maximum absolute atomic E-state index is 14.1. The van der Waals surface area contributed by atoms with Gasteiger partial charge in [0.1, 0.15) is 11.8 Å². The fourth-order valence-corrected chi connectivity index (χ4v) is 3.05. The third-order valence-corrected chi connectivity index (χ3v) is 4.48. The highest BCUT2D eigenvalue weighted by atomic mass is 19.3. The Labute approximate surface area is 165 Å². The standard InChI is InChI=1S/C20H21F3N4O2/c1-26-13-15(27-9-7-24-8-10-27)3-5-19(26)25-17(6-11-28)14-2-4-18(16(21)12-14)29-20(22)23/h2-6,11-13,20,24H,7-10H2,1H3/b17-6-,25-19?. The van der Waals surface area contributed by atoms with E-state index < -0.39 is 18.2 Å². The predicted molar refractivity (Wildman–Crippen MR) is 103 cm³/mol. The number of aldehydes is 1. The average molecular weight is 406 g/mol. The molecule has 0 radical (unpaired) electrons. The minimum atomic E-state index is -3.13. The summed E-state index contributed by atoms with van der Waals surface area (Å²) in [6, 6.07) is 7.20. The molecule has 0 aliphatic carbocycles. The number of carbonyl (C=O) groups is 1. The van der Waals surface area contributed by atoms with Crippen molar-refractivity contribution in [1.82, 2.24) is 9.88 Å². The number of nitrogens with one attached hydrogen (secondary N) is 1. The van der Waals surface area contributed by atoms with E-state index in [0.29, 0.717) is 11.8 Å². The Bertz CT molecular complexity index is 966. The lowest BCUT2D eigenvalue weighted by Gasteiger charge is -2.29. The molecule has 0 amide bonds. The molecule has 29 heavy (non-hydrogen) atoms. The summed E-state index contributed by atoms with van der Waals surface area (Å²) in [5.74, 6) is -1.53. The van der Waals surface area contributed by atoms with Gasteiger partial charge in [-0.25, -0.2) is 9.38 Å². The zero-order chi connectivity index (χ0) is 20.8. The summed E-state index contributed by atoms with van der Waals surface area (Å²) >= 11 is 0. The summed E-state index contributed by atoms with van der Waals surface area (Å²) in [5.41, 5.74) is 2.06. The van der Waals surface area contributed by atoms with Crippen LogP contribution in [0.1, 0.15) is 5.56 Å². The second-order valence-corrected chi connectivity index (χ2v) is 6.42. The molecule has 9 heteroatoms. The molecular formula is C20H21F3N4O2. The number of carbonyl (C=O) groups excluding carboxylic acids is 1. The molecule has 2 aromatic rings. The van der Waals surface area contributed by atoms with Crippen molar-refractivity contribution in [2.75, 3.05) is 31.1 Å². The number of alkyl halides is 2. The van der Waals surface area contributed by atoms with Gasteiger partial charge in [-0.05, 0) is 30.3 Å². The van der Waals surface area contributed by atoms with Crippen molar-refractivity contribution in [3.05, 3.63) is 59.5 Å².